The summed E-state index contributed by atoms with van der Waals surface area (Å²) >= 11 is 3.65. The molecule has 0 spiro atoms. The molecule has 110 valence electrons. The molecule has 22 heavy (non-hydrogen) atoms. The van der Waals surface area contributed by atoms with Gasteiger partial charge in [-0.3, -0.25) is 0 Å². The Morgan fingerprint density at radius 1 is 0.909 bits per heavy atom. The second-order valence-electron chi connectivity index (χ2n) is 4.97. The monoisotopic (exact) mass is 354 g/mol. The molecule has 0 aliphatic rings. The fourth-order valence-corrected chi connectivity index (χ4v) is 3.33. The van der Waals surface area contributed by atoms with Crippen LogP contribution in [0.4, 0.5) is 0 Å². The molecule has 3 heteroatoms. The van der Waals surface area contributed by atoms with E-state index in [1.165, 1.54) is 0 Å². The van der Waals surface area contributed by atoms with Crippen molar-refractivity contribution in [1.82, 2.24) is 0 Å². The van der Waals surface area contributed by atoms with Gasteiger partial charge in [-0.25, -0.2) is 4.79 Å². The van der Waals surface area contributed by atoms with Crippen molar-refractivity contribution in [3.05, 3.63) is 81.1 Å². The van der Waals surface area contributed by atoms with Gasteiger partial charge >= 0.3 is 5.63 Å². The predicted molar refractivity (Wildman–Crippen MR) is 92.9 cm³/mol. The van der Waals surface area contributed by atoms with E-state index in [4.69, 9.17) is 4.42 Å². The van der Waals surface area contributed by atoms with Crippen molar-refractivity contribution in [3.8, 4) is 22.5 Å². The summed E-state index contributed by atoms with van der Waals surface area (Å²) in [5.74, 6) is 0.571. The molecular weight excluding hydrogens is 340 g/mol. The Kier molecular flexibility index (Phi) is 4.25. The molecular formula is C19H15BrO2. The summed E-state index contributed by atoms with van der Waals surface area (Å²) in [6.07, 6.45) is 0.625. The molecule has 0 amide bonds. The topological polar surface area (TPSA) is 30.2 Å². The van der Waals surface area contributed by atoms with Crippen LogP contribution in [0.2, 0.25) is 0 Å². The highest BCUT2D eigenvalue weighted by Gasteiger charge is 2.19. The number of hydrogen-bond donors (Lipinski definition) is 0. The highest BCUT2D eigenvalue weighted by atomic mass is 79.9. The molecule has 2 nitrogen and oxygen atoms in total. The van der Waals surface area contributed by atoms with Gasteiger partial charge in [-0.2, -0.15) is 0 Å². The largest absolute Gasteiger partial charge is 0.421 e. The summed E-state index contributed by atoms with van der Waals surface area (Å²) in [7, 11) is 0. The summed E-state index contributed by atoms with van der Waals surface area (Å²) in [4.78, 5) is 12.4. The molecule has 0 unspecified atom stereocenters. The van der Waals surface area contributed by atoms with Crippen molar-refractivity contribution >= 4 is 15.9 Å². The molecule has 1 heterocycles. The van der Waals surface area contributed by atoms with E-state index in [1.54, 1.807) is 0 Å². The molecule has 0 N–H and O–H groups in total. The molecule has 0 aliphatic heterocycles. The lowest BCUT2D eigenvalue weighted by Gasteiger charge is -2.13. The van der Waals surface area contributed by atoms with Crippen molar-refractivity contribution in [2.45, 2.75) is 13.3 Å². The van der Waals surface area contributed by atoms with Crippen molar-refractivity contribution < 1.29 is 4.42 Å². The van der Waals surface area contributed by atoms with Crippen LogP contribution >= 0.6 is 15.9 Å². The number of benzene rings is 2. The molecule has 0 aliphatic carbocycles. The van der Waals surface area contributed by atoms with Gasteiger partial charge in [-0.15, -0.1) is 0 Å². The van der Waals surface area contributed by atoms with Crippen LogP contribution in [0.5, 0.6) is 0 Å². The van der Waals surface area contributed by atoms with Crippen LogP contribution in [-0.2, 0) is 6.42 Å². The first kappa shape index (κ1) is 14.8. The highest BCUT2D eigenvalue weighted by molar-refractivity contribution is 9.10. The van der Waals surface area contributed by atoms with Crippen LogP contribution < -0.4 is 5.63 Å². The number of rotatable bonds is 3. The van der Waals surface area contributed by atoms with Crippen LogP contribution in [0, 0.1) is 0 Å². The standard InChI is InChI=1S/C19H15BrO2/c1-2-15-16(13-9-5-3-6-10-13)17(20)18(22-19(15)21)14-11-7-4-8-12-14/h3-12H,2H2,1H3. The molecule has 3 aromatic rings. The van der Waals surface area contributed by atoms with E-state index in [9.17, 15) is 4.79 Å². The molecule has 0 bridgehead atoms. The smallest absolute Gasteiger partial charge is 0.340 e. The normalized spacial score (nSPS) is 10.6. The van der Waals surface area contributed by atoms with Crippen LogP contribution in [0.1, 0.15) is 12.5 Å². The summed E-state index contributed by atoms with van der Waals surface area (Å²) < 4.78 is 6.40. The SMILES string of the molecule is CCc1c(-c2ccccc2)c(Br)c(-c2ccccc2)oc1=O. The van der Waals surface area contributed by atoms with Crippen molar-refractivity contribution in [3.63, 3.8) is 0 Å². The van der Waals surface area contributed by atoms with E-state index in [-0.39, 0.29) is 5.63 Å². The zero-order valence-corrected chi connectivity index (χ0v) is 13.8. The lowest BCUT2D eigenvalue weighted by atomic mass is 9.98. The molecule has 2 aromatic carbocycles. The minimum atomic E-state index is -0.275. The van der Waals surface area contributed by atoms with Crippen LogP contribution in [0.3, 0.4) is 0 Å². The van der Waals surface area contributed by atoms with Crippen LogP contribution in [0.15, 0.2) is 74.3 Å². The lowest BCUT2D eigenvalue weighted by Crippen LogP contribution is -2.10. The first-order valence-corrected chi connectivity index (χ1v) is 7.98. The number of hydrogen-bond acceptors (Lipinski definition) is 2. The first-order chi connectivity index (χ1) is 10.7. The second-order valence-corrected chi connectivity index (χ2v) is 5.76. The van der Waals surface area contributed by atoms with E-state index in [0.717, 1.165) is 21.2 Å². The average molecular weight is 355 g/mol. The van der Waals surface area contributed by atoms with Gasteiger partial charge < -0.3 is 4.42 Å². The maximum absolute atomic E-state index is 12.4. The Morgan fingerprint density at radius 2 is 1.45 bits per heavy atom. The van der Waals surface area contributed by atoms with Gasteiger partial charge in [-0.1, -0.05) is 67.6 Å². The van der Waals surface area contributed by atoms with Gasteiger partial charge in [0.05, 0.1) is 4.47 Å². The van der Waals surface area contributed by atoms with Crippen LogP contribution in [-0.4, -0.2) is 0 Å². The summed E-state index contributed by atoms with van der Waals surface area (Å²) in [6, 6.07) is 19.6. The fraction of sp³-hybridized carbons (Fsp3) is 0.105. The molecule has 1 aromatic heterocycles. The minimum Gasteiger partial charge on any atom is -0.421 e. The lowest BCUT2D eigenvalue weighted by molar-refractivity contribution is 0.515. The third-order valence-corrected chi connectivity index (χ3v) is 4.37. The van der Waals surface area contributed by atoms with Crippen molar-refractivity contribution in [1.29, 1.82) is 0 Å². The summed E-state index contributed by atoms with van der Waals surface area (Å²) in [6.45, 7) is 1.97. The molecule has 3 rings (SSSR count). The molecule has 0 saturated heterocycles. The van der Waals surface area contributed by atoms with Crippen LogP contribution in [0.25, 0.3) is 22.5 Å². The van der Waals surface area contributed by atoms with Gasteiger partial charge in [-0.05, 0) is 27.9 Å². The van der Waals surface area contributed by atoms with Gasteiger partial charge in [0.25, 0.3) is 0 Å². The van der Waals surface area contributed by atoms with Gasteiger partial charge in [0, 0.05) is 16.7 Å². The predicted octanol–water partition coefficient (Wildman–Crippen LogP) is 5.30. The van der Waals surface area contributed by atoms with Gasteiger partial charge in [0.1, 0.15) is 0 Å². The Morgan fingerprint density at radius 3 is 2.00 bits per heavy atom. The average Bonchev–Trinajstić information content (AvgIpc) is 2.57. The first-order valence-electron chi connectivity index (χ1n) is 7.18. The summed E-state index contributed by atoms with van der Waals surface area (Å²) in [5.41, 5.74) is 3.22. The quantitative estimate of drug-likeness (QED) is 0.638. The maximum Gasteiger partial charge on any atom is 0.340 e. The van der Waals surface area contributed by atoms with E-state index in [0.29, 0.717) is 17.7 Å². The fourth-order valence-electron chi connectivity index (χ4n) is 2.55. The molecule has 0 atom stereocenters. The second kappa shape index (κ2) is 6.32. The molecule has 0 radical (unpaired) electrons. The Bertz CT molecular complexity index is 837. The Hall–Kier alpha value is -2.13. The Balaban J connectivity index is 2.33. The van der Waals surface area contributed by atoms with E-state index in [1.807, 2.05) is 67.6 Å². The summed E-state index contributed by atoms with van der Waals surface area (Å²) in [5, 5.41) is 0. The highest BCUT2D eigenvalue weighted by Crippen LogP contribution is 2.37. The van der Waals surface area contributed by atoms with Crippen molar-refractivity contribution in [2.24, 2.45) is 0 Å². The molecule has 0 fully saturated rings. The van der Waals surface area contributed by atoms with E-state index >= 15 is 0 Å². The zero-order chi connectivity index (χ0) is 15.5. The third kappa shape index (κ3) is 2.64. The minimum absolute atomic E-state index is 0.275. The van der Waals surface area contributed by atoms with Crippen molar-refractivity contribution in [2.75, 3.05) is 0 Å². The van der Waals surface area contributed by atoms with E-state index in [2.05, 4.69) is 15.9 Å². The number of halogens is 1. The van der Waals surface area contributed by atoms with Gasteiger partial charge in [0.15, 0.2) is 5.76 Å². The van der Waals surface area contributed by atoms with E-state index < -0.39 is 0 Å². The third-order valence-electron chi connectivity index (χ3n) is 3.61. The Labute approximate surface area is 137 Å². The van der Waals surface area contributed by atoms with Gasteiger partial charge in [0.2, 0.25) is 0 Å². The molecule has 0 saturated carbocycles. The maximum atomic E-state index is 12.4. The zero-order valence-electron chi connectivity index (χ0n) is 12.2.